The molecule has 0 unspecified atom stereocenters. The highest BCUT2D eigenvalue weighted by molar-refractivity contribution is 6.31. The van der Waals surface area contributed by atoms with Crippen LogP contribution >= 0.6 is 0 Å². The molecular formula is C9H18N2O3. The number of amides is 1. The lowest BCUT2D eigenvalue weighted by molar-refractivity contribution is -0.150. The van der Waals surface area contributed by atoms with Crippen molar-refractivity contribution in [2.45, 2.75) is 20.3 Å². The van der Waals surface area contributed by atoms with Crippen LogP contribution in [0.2, 0.25) is 0 Å². The molecular weight excluding hydrogens is 184 g/mol. The van der Waals surface area contributed by atoms with Crippen LogP contribution in [0.4, 0.5) is 0 Å². The molecule has 1 amide bonds. The van der Waals surface area contributed by atoms with E-state index in [9.17, 15) is 9.59 Å². The second-order valence-electron chi connectivity index (χ2n) is 2.94. The molecule has 5 heteroatoms. The van der Waals surface area contributed by atoms with Crippen molar-refractivity contribution in [3.05, 3.63) is 0 Å². The van der Waals surface area contributed by atoms with Gasteiger partial charge in [0.1, 0.15) is 0 Å². The zero-order chi connectivity index (χ0) is 11.0. The summed E-state index contributed by atoms with van der Waals surface area (Å²) in [6.45, 7) is 7.39. The Morgan fingerprint density at radius 3 is 2.29 bits per heavy atom. The van der Waals surface area contributed by atoms with Crippen LogP contribution in [-0.4, -0.2) is 48.1 Å². The third-order valence-corrected chi connectivity index (χ3v) is 2.03. The van der Waals surface area contributed by atoms with Crippen LogP contribution in [0.5, 0.6) is 0 Å². The molecule has 0 heterocycles. The molecule has 14 heavy (non-hydrogen) atoms. The highest BCUT2D eigenvalue weighted by Crippen LogP contribution is 1.89. The fraction of sp³-hybridized carbons (Fsp3) is 0.778. The molecule has 5 nitrogen and oxygen atoms in total. The second-order valence-corrected chi connectivity index (χ2v) is 2.94. The lowest BCUT2D eigenvalue weighted by atomic mass is 10.3. The summed E-state index contributed by atoms with van der Waals surface area (Å²) in [5, 5.41) is 10.6. The SMILES string of the molecule is CCN(CC)CCCNC(=O)C(=O)O. The molecule has 0 spiro atoms. The Kier molecular flexibility index (Phi) is 6.74. The van der Waals surface area contributed by atoms with Crippen LogP contribution in [0.25, 0.3) is 0 Å². The summed E-state index contributed by atoms with van der Waals surface area (Å²) in [4.78, 5) is 22.9. The lowest BCUT2D eigenvalue weighted by Crippen LogP contribution is -2.33. The summed E-state index contributed by atoms with van der Waals surface area (Å²) in [5.41, 5.74) is 0. The zero-order valence-corrected chi connectivity index (χ0v) is 8.75. The van der Waals surface area contributed by atoms with Gasteiger partial charge in [-0.2, -0.15) is 0 Å². The minimum atomic E-state index is -1.42. The number of carbonyl (C=O) groups excluding carboxylic acids is 1. The lowest BCUT2D eigenvalue weighted by Gasteiger charge is -2.17. The van der Waals surface area contributed by atoms with Gasteiger partial charge in [-0.15, -0.1) is 0 Å². The summed E-state index contributed by atoms with van der Waals surface area (Å²) >= 11 is 0. The third-order valence-electron chi connectivity index (χ3n) is 2.03. The van der Waals surface area contributed by atoms with Crippen molar-refractivity contribution in [2.75, 3.05) is 26.2 Å². The van der Waals surface area contributed by atoms with E-state index in [0.29, 0.717) is 6.54 Å². The first-order chi connectivity index (χ1) is 6.61. The Morgan fingerprint density at radius 2 is 1.86 bits per heavy atom. The molecule has 0 saturated carbocycles. The molecule has 0 atom stereocenters. The van der Waals surface area contributed by atoms with E-state index in [0.717, 1.165) is 26.1 Å². The summed E-state index contributed by atoms with van der Waals surface area (Å²) in [5.74, 6) is -2.35. The maximum absolute atomic E-state index is 10.6. The van der Waals surface area contributed by atoms with Gasteiger partial charge in [0.15, 0.2) is 0 Å². The highest BCUT2D eigenvalue weighted by atomic mass is 16.4. The topological polar surface area (TPSA) is 69.6 Å². The molecule has 0 fully saturated rings. The Balaban J connectivity index is 3.46. The first-order valence-electron chi connectivity index (χ1n) is 4.85. The monoisotopic (exact) mass is 202 g/mol. The van der Waals surface area contributed by atoms with Crippen molar-refractivity contribution in [3.8, 4) is 0 Å². The van der Waals surface area contributed by atoms with Gasteiger partial charge in [-0.1, -0.05) is 13.8 Å². The minimum Gasteiger partial charge on any atom is -0.474 e. The molecule has 0 aromatic heterocycles. The van der Waals surface area contributed by atoms with E-state index in [-0.39, 0.29) is 0 Å². The standard InChI is InChI=1S/C9H18N2O3/c1-3-11(4-2)7-5-6-10-8(12)9(13)14/h3-7H2,1-2H3,(H,10,12)(H,13,14). The van der Waals surface area contributed by atoms with Gasteiger partial charge in [0.05, 0.1) is 0 Å². The van der Waals surface area contributed by atoms with Gasteiger partial charge in [-0.3, -0.25) is 4.79 Å². The smallest absolute Gasteiger partial charge is 0.394 e. The van der Waals surface area contributed by atoms with Crippen LogP contribution in [0.1, 0.15) is 20.3 Å². The van der Waals surface area contributed by atoms with Gasteiger partial charge in [-0.25, -0.2) is 4.79 Å². The molecule has 2 N–H and O–H groups in total. The first-order valence-corrected chi connectivity index (χ1v) is 4.85. The van der Waals surface area contributed by atoms with Gasteiger partial charge >= 0.3 is 11.9 Å². The van der Waals surface area contributed by atoms with E-state index in [2.05, 4.69) is 24.1 Å². The van der Waals surface area contributed by atoms with E-state index in [1.54, 1.807) is 0 Å². The Hall–Kier alpha value is -1.10. The van der Waals surface area contributed by atoms with Crippen LogP contribution in [0.3, 0.4) is 0 Å². The fourth-order valence-corrected chi connectivity index (χ4v) is 1.12. The fourth-order valence-electron chi connectivity index (χ4n) is 1.12. The molecule has 0 aromatic rings. The Morgan fingerprint density at radius 1 is 1.29 bits per heavy atom. The van der Waals surface area contributed by atoms with Gasteiger partial charge in [-0.05, 0) is 26.1 Å². The van der Waals surface area contributed by atoms with Crippen LogP contribution in [-0.2, 0) is 9.59 Å². The van der Waals surface area contributed by atoms with Crippen molar-refractivity contribution in [1.82, 2.24) is 10.2 Å². The summed E-state index contributed by atoms with van der Waals surface area (Å²) < 4.78 is 0. The van der Waals surface area contributed by atoms with Crippen molar-refractivity contribution in [2.24, 2.45) is 0 Å². The predicted octanol–water partition coefficient (Wildman–Crippen LogP) is -0.0809. The molecule has 82 valence electrons. The number of aliphatic carboxylic acids is 1. The van der Waals surface area contributed by atoms with E-state index in [1.165, 1.54) is 0 Å². The maximum atomic E-state index is 10.6. The van der Waals surface area contributed by atoms with Crippen molar-refractivity contribution < 1.29 is 14.7 Å². The van der Waals surface area contributed by atoms with E-state index >= 15 is 0 Å². The minimum absolute atomic E-state index is 0.418. The molecule has 0 aromatic carbocycles. The Labute approximate surface area is 84.1 Å². The second kappa shape index (κ2) is 7.32. The molecule has 0 rings (SSSR count). The van der Waals surface area contributed by atoms with Gasteiger partial charge in [0, 0.05) is 6.54 Å². The third kappa shape index (κ3) is 5.53. The largest absolute Gasteiger partial charge is 0.474 e. The van der Waals surface area contributed by atoms with E-state index < -0.39 is 11.9 Å². The van der Waals surface area contributed by atoms with Crippen molar-refractivity contribution in [1.29, 1.82) is 0 Å². The van der Waals surface area contributed by atoms with Crippen LogP contribution in [0.15, 0.2) is 0 Å². The van der Waals surface area contributed by atoms with Crippen molar-refractivity contribution >= 4 is 11.9 Å². The van der Waals surface area contributed by atoms with Crippen LogP contribution in [0, 0.1) is 0 Å². The summed E-state index contributed by atoms with van der Waals surface area (Å²) in [6.07, 6.45) is 0.778. The quantitative estimate of drug-likeness (QED) is 0.467. The van der Waals surface area contributed by atoms with E-state index in [4.69, 9.17) is 5.11 Å². The van der Waals surface area contributed by atoms with Crippen LogP contribution < -0.4 is 5.32 Å². The molecule has 0 aliphatic heterocycles. The maximum Gasteiger partial charge on any atom is 0.394 e. The normalized spacial score (nSPS) is 10.2. The average molecular weight is 202 g/mol. The molecule has 0 aliphatic carbocycles. The van der Waals surface area contributed by atoms with Gasteiger partial charge in [0.25, 0.3) is 0 Å². The number of carboxylic acid groups (broad SMARTS) is 1. The van der Waals surface area contributed by atoms with E-state index in [1.807, 2.05) is 0 Å². The number of carbonyl (C=O) groups is 2. The summed E-state index contributed by atoms with van der Waals surface area (Å²) in [6, 6.07) is 0. The zero-order valence-electron chi connectivity index (χ0n) is 8.75. The number of hydrogen-bond acceptors (Lipinski definition) is 3. The number of rotatable bonds is 6. The van der Waals surface area contributed by atoms with Gasteiger partial charge in [0.2, 0.25) is 0 Å². The van der Waals surface area contributed by atoms with Gasteiger partial charge < -0.3 is 15.3 Å². The number of carboxylic acids is 1. The van der Waals surface area contributed by atoms with Crippen molar-refractivity contribution in [3.63, 3.8) is 0 Å². The molecule has 0 aliphatic rings. The first kappa shape index (κ1) is 12.9. The molecule has 0 radical (unpaired) electrons. The summed E-state index contributed by atoms with van der Waals surface area (Å²) in [7, 11) is 0. The number of nitrogens with zero attached hydrogens (tertiary/aromatic N) is 1. The molecule has 0 bridgehead atoms. The molecule has 0 saturated heterocycles. The number of hydrogen-bond donors (Lipinski definition) is 2. The highest BCUT2D eigenvalue weighted by Gasteiger charge is 2.09. The average Bonchev–Trinajstić information content (AvgIpc) is 2.17. The predicted molar refractivity (Wildman–Crippen MR) is 53.1 cm³/mol. The Bertz CT molecular complexity index is 190. The number of nitrogens with one attached hydrogen (secondary N) is 1.